The molecule has 0 atom stereocenters. The number of amides is 1. The van der Waals surface area contributed by atoms with Crippen LogP contribution in [-0.2, 0) is 24.4 Å². The highest BCUT2D eigenvalue weighted by atomic mass is 35.5. The molecular formula is C42H38ClFN4O4. The van der Waals surface area contributed by atoms with Crippen LogP contribution in [0.3, 0.4) is 0 Å². The fourth-order valence-corrected chi connectivity index (χ4v) is 5.89. The predicted octanol–water partition coefficient (Wildman–Crippen LogP) is 8.40. The monoisotopic (exact) mass is 716 g/mol. The lowest BCUT2D eigenvalue weighted by atomic mass is 10.1. The van der Waals surface area contributed by atoms with Crippen molar-refractivity contribution in [2.45, 2.75) is 26.5 Å². The summed E-state index contributed by atoms with van der Waals surface area (Å²) in [5.41, 5.74) is 5.68. The molecule has 1 saturated heterocycles. The van der Waals surface area contributed by atoms with Crippen LogP contribution in [0.2, 0.25) is 5.02 Å². The number of rotatable bonds is 13. The third-order valence-electron chi connectivity index (χ3n) is 8.72. The summed E-state index contributed by atoms with van der Waals surface area (Å²) in [6.45, 7) is 6.53. The van der Waals surface area contributed by atoms with Crippen molar-refractivity contribution in [1.29, 1.82) is 5.26 Å². The summed E-state index contributed by atoms with van der Waals surface area (Å²) < 4.78 is 30.5. The molecule has 0 N–H and O–H groups in total. The first kappa shape index (κ1) is 36.1. The number of hydrogen-bond donors (Lipinski definition) is 0. The predicted molar refractivity (Wildman–Crippen MR) is 199 cm³/mol. The van der Waals surface area contributed by atoms with Crippen molar-refractivity contribution in [1.82, 2.24) is 14.8 Å². The minimum atomic E-state index is -0.276. The van der Waals surface area contributed by atoms with E-state index in [-0.39, 0.29) is 11.7 Å². The van der Waals surface area contributed by atoms with Gasteiger partial charge in [0.2, 0.25) is 11.8 Å². The zero-order valence-corrected chi connectivity index (χ0v) is 29.6. The Kier molecular flexibility index (Phi) is 12.1. The number of halogens is 2. The average Bonchev–Trinajstić information content (AvgIpc) is 3.17. The van der Waals surface area contributed by atoms with E-state index in [9.17, 15) is 9.18 Å². The molecule has 1 fully saturated rings. The Morgan fingerprint density at radius 1 is 0.885 bits per heavy atom. The number of piperazine rings is 1. The number of nitrogens with zero attached hydrogens (tertiary/aromatic N) is 4. The average molecular weight is 717 g/mol. The molecule has 0 saturated carbocycles. The van der Waals surface area contributed by atoms with E-state index in [0.29, 0.717) is 60.0 Å². The van der Waals surface area contributed by atoms with E-state index in [4.69, 9.17) is 31.1 Å². The Balaban J connectivity index is 0.931. The highest BCUT2D eigenvalue weighted by molar-refractivity contribution is 6.32. The van der Waals surface area contributed by atoms with Gasteiger partial charge in [-0.1, -0.05) is 48.0 Å². The molecule has 5 aromatic rings. The fourth-order valence-electron chi connectivity index (χ4n) is 5.68. The number of aromatic nitrogens is 1. The number of carbonyl (C=O) groups excluding carboxylic acids is 1. The van der Waals surface area contributed by atoms with E-state index < -0.39 is 0 Å². The van der Waals surface area contributed by atoms with Gasteiger partial charge < -0.3 is 19.1 Å². The Hall–Kier alpha value is -5.69. The van der Waals surface area contributed by atoms with Crippen LogP contribution in [0.25, 0.3) is 6.08 Å². The van der Waals surface area contributed by atoms with Crippen LogP contribution < -0.4 is 14.2 Å². The Morgan fingerprint density at radius 2 is 1.58 bits per heavy atom. The largest absolute Gasteiger partial charge is 0.493 e. The zero-order valence-electron chi connectivity index (χ0n) is 28.8. The van der Waals surface area contributed by atoms with Crippen LogP contribution in [0, 0.1) is 24.1 Å². The third-order valence-corrected chi connectivity index (χ3v) is 9.02. The van der Waals surface area contributed by atoms with E-state index in [2.05, 4.69) is 40.2 Å². The van der Waals surface area contributed by atoms with Crippen molar-refractivity contribution in [2.24, 2.45) is 0 Å². The highest BCUT2D eigenvalue weighted by Crippen LogP contribution is 2.32. The molecule has 1 aliphatic rings. The number of nitriles is 1. The molecule has 0 bridgehead atoms. The number of benzene rings is 4. The van der Waals surface area contributed by atoms with Crippen LogP contribution in [0.5, 0.6) is 23.1 Å². The van der Waals surface area contributed by atoms with Gasteiger partial charge in [0.1, 0.15) is 29.7 Å². The van der Waals surface area contributed by atoms with Gasteiger partial charge in [-0.2, -0.15) is 5.26 Å². The van der Waals surface area contributed by atoms with E-state index in [0.717, 1.165) is 42.7 Å². The number of aryl methyl sites for hydroxylation is 1. The maximum atomic E-state index is 13.1. The van der Waals surface area contributed by atoms with Gasteiger partial charge in [0.05, 0.1) is 29.5 Å². The van der Waals surface area contributed by atoms with Crippen LogP contribution in [-0.4, -0.2) is 53.5 Å². The van der Waals surface area contributed by atoms with Gasteiger partial charge >= 0.3 is 0 Å². The van der Waals surface area contributed by atoms with Gasteiger partial charge in [0.25, 0.3) is 0 Å². The number of pyridine rings is 1. The van der Waals surface area contributed by atoms with E-state index in [1.165, 1.54) is 23.3 Å². The maximum absolute atomic E-state index is 13.1. The maximum Gasteiger partial charge on any atom is 0.246 e. The second-order valence-electron chi connectivity index (χ2n) is 12.5. The zero-order chi connectivity index (χ0) is 36.3. The lowest BCUT2D eigenvalue weighted by Gasteiger charge is -2.34. The van der Waals surface area contributed by atoms with Gasteiger partial charge in [0, 0.05) is 51.3 Å². The number of ether oxygens (including phenoxy) is 3. The van der Waals surface area contributed by atoms with E-state index >= 15 is 0 Å². The lowest BCUT2D eigenvalue weighted by molar-refractivity contribution is -0.127. The molecule has 1 amide bonds. The molecule has 264 valence electrons. The molecule has 6 rings (SSSR count). The van der Waals surface area contributed by atoms with Crippen molar-refractivity contribution in [2.75, 3.05) is 32.8 Å². The van der Waals surface area contributed by atoms with Crippen LogP contribution in [0.4, 0.5) is 4.39 Å². The molecule has 52 heavy (non-hydrogen) atoms. The second kappa shape index (κ2) is 17.5. The molecule has 1 aromatic heterocycles. The van der Waals surface area contributed by atoms with Gasteiger partial charge in [-0.25, -0.2) is 9.37 Å². The van der Waals surface area contributed by atoms with E-state index in [1.54, 1.807) is 60.8 Å². The standard InChI is InChI=1S/C42H38ClFN4O4/c1-30-24-40(52-41-16-15-38(27-46-41)51-29-34-8-4-32(26-45)5-9-34)39(43)25-35(30)10-17-42(49)48-21-19-47(20-22-48)28-33-6-2-31(3-7-33)18-23-50-37-13-11-36(44)12-14-37/h2-17,24-25,27H,18-23,28-29H2,1H3. The van der Waals surface area contributed by atoms with Crippen LogP contribution in [0.1, 0.15) is 33.4 Å². The summed E-state index contributed by atoms with van der Waals surface area (Å²) in [6.07, 6.45) is 5.75. The summed E-state index contributed by atoms with van der Waals surface area (Å²) in [6, 6.07) is 31.0. The molecule has 0 spiro atoms. The Morgan fingerprint density at radius 3 is 2.27 bits per heavy atom. The molecule has 1 aliphatic heterocycles. The molecule has 2 heterocycles. The molecule has 0 aliphatic carbocycles. The smallest absolute Gasteiger partial charge is 0.246 e. The van der Waals surface area contributed by atoms with Crippen molar-refractivity contribution in [3.8, 4) is 29.2 Å². The summed E-state index contributed by atoms with van der Waals surface area (Å²) >= 11 is 6.58. The topological polar surface area (TPSA) is 87.9 Å². The Bertz CT molecular complexity index is 2020. The summed E-state index contributed by atoms with van der Waals surface area (Å²) in [5, 5.41) is 9.35. The van der Waals surface area contributed by atoms with Crippen molar-refractivity contribution in [3.05, 3.63) is 154 Å². The van der Waals surface area contributed by atoms with Crippen LogP contribution in [0.15, 0.2) is 109 Å². The number of hydrogen-bond acceptors (Lipinski definition) is 7. The Labute approximate surface area is 308 Å². The minimum absolute atomic E-state index is 0.0339. The third kappa shape index (κ3) is 10.2. The molecule has 8 nitrogen and oxygen atoms in total. The normalized spacial score (nSPS) is 13.2. The second-order valence-corrected chi connectivity index (χ2v) is 12.9. The summed E-state index contributed by atoms with van der Waals surface area (Å²) in [4.78, 5) is 21.6. The molecule has 0 unspecified atom stereocenters. The fraction of sp³-hybridized carbons (Fsp3) is 0.214. The highest BCUT2D eigenvalue weighted by Gasteiger charge is 2.20. The van der Waals surface area contributed by atoms with Gasteiger partial charge in [-0.3, -0.25) is 9.69 Å². The molecular weight excluding hydrogens is 679 g/mol. The van der Waals surface area contributed by atoms with Gasteiger partial charge in [-0.05, 0) is 95.4 Å². The van der Waals surface area contributed by atoms with Gasteiger partial charge in [0.15, 0.2) is 0 Å². The summed E-state index contributed by atoms with van der Waals surface area (Å²) in [7, 11) is 0. The first-order chi connectivity index (χ1) is 25.3. The lowest BCUT2D eigenvalue weighted by Crippen LogP contribution is -2.47. The molecule has 4 aromatic carbocycles. The van der Waals surface area contributed by atoms with Gasteiger partial charge in [-0.15, -0.1) is 0 Å². The van der Waals surface area contributed by atoms with Crippen molar-refractivity contribution < 1.29 is 23.4 Å². The quantitative estimate of drug-likeness (QED) is 0.113. The van der Waals surface area contributed by atoms with E-state index in [1.807, 2.05) is 30.0 Å². The van der Waals surface area contributed by atoms with Crippen LogP contribution >= 0.6 is 11.6 Å². The first-order valence-electron chi connectivity index (χ1n) is 17.0. The SMILES string of the molecule is Cc1cc(Oc2ccc(OCc3ccc(C#N)cc3)cn2)c(Cl)cc1C=CC(=O)N1CCN(Cc2ccc(CCOc3ccc(F)cc3)cc2)CC1. The molecule has 10 heteroatoms. The first-order valence-corrected chi connectivity index (χ1v) is 17.4. The number of carbonyl (C=O) groups is 1. The summed E-state index contributed by atoms with van der Waals surface area (Å²) in [5.74, 6) is 1.76. The minimum Gasteiger partial charge on any atom is -0.493 e. The molecule has 0 radical (unpaired) electrons. The van der Waals surface area contributed by atoms with Crippen molar-refractivity contribution in [3.63, 3.8) is 0 Å². The van der Waals surface area contributed by atoms with Crippen molar-refractivity contribution >= 4 is 23.6 Å².